The number of aromatic amines is 1. The van der Waals surface area contributed by atoms with Crippen molar-refractivity contribution in [3.63, 3.8) is 0 Å². The maximum Gasteiger partial charge on any atom is 0.351 e. The molecule has 36 heavy (non-hydrogen) atoms. The third kappa shape index (κ3) is 4.32. The molecule has 0 saturated carbocycles. The molecule has 0 amide bonds. The minimum Gasteiger partial charge on any atom is -0.394 e. The highest BCUT2D eigenvalue weighted by Gasteiger charge is 2.43. The molecule has 2 saturated heterocycles. The number of anilines is 2. The highest BCUT2D eigenvalue weighted by atomic mass is 16.7. The van der Waals surface area contributed by atoms with E-state index in [4.69, 9.17) is 20.0 Å². The van der Waals surface area contributed by atoms with Crippen molar-refractivity contribution in [2.45, 2.75) is 49.4 Å². The number of aromatic nitrogens is 6. The number of nitrogens with two attached hydrogens (primary N) is 1. The second-order valence-corrected chi connectivity index (χ2v) is 8.35. The number of imidazole rings is 1. The van der Waals surface area contributed by atoms with Crippen molar-refractivity contribution in [1.29, 1.82) is 0 Å². The fraction of sp³-hybridized carbons (Fsp3) is 0.526. The summed E-state index contributed by atoms with van der Waals surface area (Å²) in [5.74, 6) is -0.0452. The van der Waals surface area contributed by atoms with E-state index in [0.717, 1.165) is 4.57 Å². The van der Waals surface area contributed by atoms with Gasteiger partial charge in [-0.2, -0.15) is 9.97 Å². The van der Waals surface area contributed by atoms with Gasteiger partial charge in [-0.25, -0.2) is 15.3 Å². The van der Waals surface area contributed by atoms with Crippen LogP contribution in [0.1, 0.15) is 18.9 Å². The van der Waals surface area contributed by atoms with E-state index in [1.165, 1.54) is 23.2 Å². The minimum absolute atomic E-state index is 0.0338. The Hall–Kier alpha value is -3.45. The molecule has 2 fully saturated rings. The molecule has 17 nitrogen and oxygen atoms in total. The number of hydrogen-bond acceptors (Lipinski definition) is 14. The predicted octanol–water partition coefficient (Wildman–Crippen LogP) is -3.44. The van der Waals surface area contributed by atoms with Crippen LogP contribution in [0.25, 0.3) is 11.2 Å². The second kappa shape index (κ2) is 9.54. The normalized spacial score (nSPS) is 30.3. The van der Waals surface area contributed by atoms with E-state index in [-0.39, 0.29) is 36.0 Å². The van der Waals surface area contributed by atoms with Gasteiger partial charge in [-0.15, -0.1) is 0 Å². The lowest BCUT2D eigenvalue weighted by atomic mass is 10.1. The van der Waals surface area contributed by atoms with Gasteiger partial charge in [-0.3, -0.25) is 23.8 Å². The summed E-state index contributed by atoms with van der Waals surface area (Å²) < 4.78 is 13.6. The summed E-state index contributed by atoms with van der Waals surface area (Å²) in [5.41, 5.74) is 7.10. The summed E-state index contributed by atoms with van der Waals surface area (Å²) >= 11 is 0. The average Bonchev–Trinajstić information content (AvgIpc) is 3.50. The van der Waals surface area contributed by atoms with E-state index in [1.807, 2.05) is 0 Å². The number of ether oxygens (including phenoxy) is 2. The standard InChI is InChI=1S/C19H24N8O9/c20-18-23-15-12(16(32)24-18)21-6-27(15)11-3-7(29)9(35-11)5-34-25-10-1-2-26(19(33)22-10)17-14(31)13(30)8(4-28)36-17/h1-2,6-9,11,13-14,17,28-31H,3-5H2,(H,22,25,33)(H3,20,23,24,32)/t7-,8+,9+,11+,13+,14-,17?/m0/s1. The molecule has 2 aliphatic rings. The Balaban J connectivity index is 1.20. The number of hydrogen-bond donors (Lipinski definition) is 7. The molecule has 5 rings (SSSR count). The molecule has 0 aliphatic carbocycles. The van der Waals surface area contributed by atoms with Gasteiger partial charge in [-0.05, 0) is 6.07 Å². The molecule has 0 bridgehead atoms. The molecule has 7 atom stereocenters. The Morgan fingerprint density at radius 1 is 1.17 bits per heavy atom. The Morgan fingerprint density at radius 3 is 2.69 bits per heavy atom. The molecule has 0 aromatic carbocycles. The summed E-state index contributed by atoms with van der Waals surface area (Å²) in [6, 6.07) is 1.37. The number of fused-ring (bicyclic) bond motifs is 1. The smallest absolute Gasteiger partial charge is 0.351 e. The summed E-state index contributed by atoms with van der Waals surface area (Å²) in [5, 5.41) is 39.6. The summed E-state index contributed by atoms with van der Waals surface area (Å²) in [4.78, 5) is 43.9. The third-order valence-corrected chi connectivity index (χ3v) is 6.01. The van der Waals surface area contributed by atoms with Crippen molar-refractivity contribution in [1.82, 2.24) is 29.1 Å². The van der Waals surface area contributed by atoms with Gasteiger partial charge in [0.15, 0.2) is 23.2 Å². The van der Waals surface area contributed by atoms with Gasteiger partial charge >= 0.3 is 5.69 Å². The van der Waals surface area contributed by atoms with Crippen LogP contribution in [-0.2, 0) is 14.3 Å². The van der Waals surface area contributed by atoms with Gasteiger partial charge in [0.05, 0.1) is 19.0 Å². The third-order valence-electron chi connectivity index (χ3n) is 6.01. The summed E-state index contributed by atoms with van der Waals surface area (Å²) in [7, 11) is 0. The number of nitrogens with one attached hydrogen (secondary N) is 2. The van der Waals surface area contributed by atoms with Gasteiger partial charge < -0.3 is 35.6 Å². The maximum atomic E-state index is 12.4. The second-order valence-electron chi connectivity index (χ2n) is 8.35. The first-order valence-electron chi connectivity index (χ1n) is 10.9. The SMILES string of the molecule is Nc1nc2c(ncn2[C@H]2C[C@H](O)[C@@H](CONc3ccn(C4O[C@H](CO)[C@@H](O)[C@@H]4O)c(=O)n3)O2)c(=O)[nH]1. The van der Waals surface area contributed by atoms with Crippen LogP contribution in [0.5, 0.6) is 0 Å². The highest BCUT2D eigenvalue weighted by molar-refractivity contribution is 5.70. The number of H-pyrrole nitrogens is 1. The van der Waals surface area contributed by atoms with Crippen LogP contribution in [0.15, 0.2) is 28.2 Å². The van der Waals surface area contributed by atoms with Crippen LogP contribution >= 0.6 is 0 Å². The van der Waals surface area contributed by atoms with Crippen molar-refractivity contribution >= 4 is 22.9 Å². The molecule has 3 aromatic rings. The number of rotatable bonds is 7. The van der Waals surface area contributed by atoms with Gasteiger partial charge in [0.25, 0.3) is 5.56 Å². The van der Waals surface area contributed by atoms with E-state index in [9.17, 15) is 30.0 Å². The molecule has 5 heterocycles. The molecule has 1 unspecified atom stereocenters. The molecule has 0 spiro atoms. The molecule has 2 aliphatic heterocycles. The van der Waals surface area contributed by atoms with Gasteiger partial charge in [-0.1, -0.05) is 0 Å². The topological polar surface area (TPSA) is 245 Å². The molecular weight excluding hydrogens is 484 g/mol. The number of aliphatic hydroxyl groups excluding tert-OH is 4. The van der Waals surface area contributed by atoms with E-state index in [1.54, 1.807) is 0 Å². The van der Waals surface area contributed by atoms with Crippen molar-refractivity contribution < 1.29 is 34.7 Å². The van der Waals surface area contributed by atoms with Gasteiger partial charge in [0.1, 0.15) is 37.3 Å². The van der Waals surface area contributed by atoms with Gasteiger partial charge in [0.2, 0.25) is 5.95 Å². The summed E-state index contributed by atoms with van der Waals surface area (Å²) in [6.45, 7) is -0.652. The Kier molecular flexibility index (Phi) is 6.43. The van der Waals surface area contributed by atoms with Crippen LogP contribution in [0.4, 0.5) is 11.8 Å². The Labute approximate surface area is 200 Å². The molecular formula is C19H24N8O9. The van der Waals surface area contributed by atoms with Crippen molar-refractivity contribution in [2.24, 2.45) is 0 Å². The zero-order chi connectivity index (χ0) is 25.6. The maximum absolute atomic E-state index is 12.4. The molecule has 0 radical (unpaired) electrons. The Bertz CT molecular complexity index is 1360. The summed E-state index contributed by atoms with van der Waals surface area (Å²) in [6.07, 6.45) is -4.57. The fourth-order valence-corrected chi connectivity index (χ4v) is 4.16. The minimum atomic E-state index is -1.43. The van der Waals surface area contributed by atoms with Gasteiger partial charge in [0, 0.05) is 12.6 Å². The first-order valence-corrected chi connectivity index (χ1v) is 10.9. The van der Waals surface area contributed by atoms with Crippen molar-refractivity contribution in [2.75, 3.05) is 24.4 Å². The lowest BCUT2D eigenvalue weighted by Crippen LogP contribution is -2.36. The number of aliphatic hydroxyl groups is 4. The molecule has 8 N–H and O–H groups in total. The van der Waals surface area contributed by atoms with Crippen molar-refractivity contribution in [3.05, 3.63) is 39.4 Å². The quantitative estimate of drug-likeness (QED) is 0.154. The van der Waals surface area contributed by atoms with E-state index in [2.05, 4.69) is 25.4 Å². The highest BCUT2D eigenvalue weighted by Crippen LogP contribution is 2.31. The van der Waals surface area contributed by atoms with E-state index >= 15 is 0 Å². The van der Waals surface area contributed by atoms with Crippen molar-refractivity contribution in [3.8, 4) is 0 Å². The zero-order valence-corrected chi connectivity index (χ0v) is 18.5. The van der Waals surface area contributed by atoms with E-state index < -0.39 is 60.8 Å². The monoisotopic (exact) mass is 508 g/mol. The lowest BCUT2D eigenvalue weighted by molar-refractivity contribution is -0.0553. The van der Waals surface area contributed by atoms with Crippen LogP contribution < -0.4 is 22.5 Å². The van der Waals surface area contributed by atoms with Crippen LogP contribution in [-0.4, -0.2) is 93.2 Å². The Morgan fingerprint density at radius 2 is 1.97 bits per heavy atom. The van der Waals surface area contributed by atoms with Crippen LogP contribution in [0, 0.1) is 0 Å². The lowest BCUT2D eigenvalue weighted by Gasteiger charge is -2.18. The largest absolute Gasteiger partial charge is 0.394 e. The average molecular weight is 508 g/mol. The number of nitrogen functional groups attached to an aromatic ring is 1. The molecule has 3 aromatic heterocycles. The first-order chi connectivity index (χ1) is 17.3. The molecule has 194 valence electrons. The van der Waals surface area contributed by atoms with Crippen LogP contribution in [0.3, 0.4) is 0 Å². The van der Waals surface area contributed by atoms with Crippen LogP contribution in [0.2, 0.25) is 0 Å². The fourth-order valence-electron chi connectivity index (χ4n) is 4.16. The molecule has 17 heteroatoms. The predicted molar refractivity (Wildman–Crippen MR) is 118 cm³/mol. The number of nitrogens with zero attached hydrogens (tertiary/aromatic N) is 5. The van der Waals surface area contributed by atoms with E-state index in [0.29, 0.717) is 0 Å². The first kappa shape index (κ1) is 24.3. The zero-order valence-electron chi connectivity index (χ0n) is 18.5.